The number of carbonyl (C=O) groups excluding carboxylic acids is 4. The van der Waals surface area contributed by atoms with Crippen molar-refractivity contribution < 1.29 is 33.8 Å². The summed E-state index contributed by atoms with van der Waals surface area (Å²) >= 11 is 7.88. The average Bonchev–Trinajstić information content (AvgIpc) is 3.86. The van der Waals surface area contributed by atoms with E-state index in [1.807, 2.05) is 61.5 Å². The fourth-order valence-corrected chi connectivity index (χ4v) is 11.2. The Kier molecular flexibility index (Phi) is 8.44. The molecule has 4 aliphatic rings. The van der Waals surface area contributed by atoms with Crippen LogP contribution in [0.3, 0.4) is 0 Å². The average molecular weight is 791 g/mol. The van der Waals surface area contributed by atoms with E-state index in [-0.39, 0.29) is 42.7 Å². The number of hydrogen-bond acceptors (Lipinski definition) is 9. The number of ether oxygens (including phenoxy) is 2. The van der Waals surface area contributed by atoms with Gasteiger partial charge in [0.25, 0.3) is 0 Å². The Morgan fingerprint density at radius 2 is 1.73 bits per heavy atom. The minimum Gasteiger partial charge on any atom is -0.507 e. The first-order chi connectivity index (χ1) is 26.9. The lowest BCUT2D eigenvalue weighted by atomic mass is 9.51. The fraction of sp³-hybridized carbons (Fsp3) is 0.326. The lowest BCUT2D eigenvalue weighted by Gasteiger charge is -2.49. The number of phenolic OH excluding ortho intramolecular Hbond substituents is 1. The van der Waals surface area contributed by atoms with Gasteiger partial charge in [0.2, 0.25) is 23.6 Å². The van der Waals surface area contributed by atoms with Crippen LogP contribution in [0.4, 0.5) is 5.82 Å². The molecule has 1 N–H and O–H groups in total. The molecule has 2 aliphatic heterocycles. The van der Waals surface area contributed by atoms with Crippen LogP contribution in [0.5, 0.6) is 17.2 Å². The molecule has 0 radical (unpaired) electrons. The maximum Gasteiger partial charge on any atom is 0.242 e. The topological polar surface area (TPSA) is 131 Å². The molecule has 6 atom stereocenters. The van der Waals surface area contributed by atoms with E-state index < -0.39 is 46.8 Å². The number of phenols is 1. The monoisotopic (exact) mass is 790 g/mol. The predicted molar refractivity (Wildman–Crippen MR) is 212 cm³/mol. The summed E-state index contributed by atoms with van der Waals surface area (Å²) in [7, 11) is 4.65. The van der Waals surface area contributed by atoms with Crippen LogP contribution in [-0.2, 0) is 32.8 Å². The molecule has 56 heavy (non-hydrogen) atoms. The minimum atomic E-state index is -1.42. The Morgan fingerprint density at radius 3 is 2.46 bits per heavy atom. The zero-order valence-corrected chi connectivity index (χ0v) is 33.0. The van der Waals surface area contributed by atoms with E-state index in [2.05, 4.69) is 0 Å². The number of imide groups is 2. The fourth-order valence-electron chi connectivity index (χ4n) is 9.91. The third-order valence-corrected chi connectivity index (χ3v) is 14.1. The number of carbonyl (C=O) groups is 4. The summed E-state index contributed by atoms with van der Waals surface area (Å²) in [6.45, 7) is 3.92. The number of aromatic hydroxyl groups is 1. The Balaban J connectivity index is 1.17. The molecular weight excluding hydrogens is 752 g/mol. The normalized spacial score (nSPS) is 25.8. The number of methoxy groups -OCH3 is 2. The molecule has 11 nitrogen and oxygen atoms in total. The molecule has 4 heterocycles. The van der Waals surface area contributed by atoms with Gasteiger partial charge in [-0.15, -0.1) is 11.3 Å². The maximum atomic E-state index is 15.3. The highest BCUT2D eigenvalue weighted by Crippen LogP contribution is 2.65. The smallest absolute Gasteiger partial charge is 0.242 e. The van der Waals surface area contributed by atoms with Gasteiger partial charge in [0.05, 0.1) is 48.8 Å². The number of hydrogen-bond donors (Lipinski definition) is 1. The van der Waals surface area contributed by atoms with E-state index in [9.17, 15) is 19.5 Å². The number of nitrogens with zero attached hydrogens (tertiary/aromatic N) is 4. The summed E-state index contributed by atoms with van der Waals surface area (Å²) in [5.41, 5.74) is 2.07. The van der Waals surface area contributed by atoms with Crippen LogP contribution in [0.25, 0.3) is 20.7 Å². The molecule has 1 saturated carbocycles. The van der Waals surface area contributed by atoms with Gasteiger partial charge in [0.1, 0.15) is 28.8 Å². The first kappa shape index (κ1) is 36.2. The highest BCUT2D eigenvalue weighted by atomic mass is 35.5. The highest BCUT2D eigenvalue weighted by Gasteiger charge is 2.68. The van der Waals surface area contributed by atoms with Crippen LogP contribution in [0, 0.1) is 36.0 Å². The summed E-state index contributed by atoms with van der Waals surface area (Å²) in [6, 6.07) is 20.0. The second-order valence-corrected chi connectivity index (χ2v) is 16.9. The van der Waals surface area contributed by atoms with Crippen molar-refractivity contribution in [3.8, 4) is 27.8 Å². The van der Waals surface area contributed by atoms with Crippen molar-refractivity contribution in [2.75, 3.05) is 19.1 Å². The number of thiophene rings is 1. The molecule has 286 valence electrons. The maximum absolute atomic E-state index is 15.3. The highest BCUT2D eigenvalue weighted by molar-refractivity contribution is 7.22. The molecule has 6 unspecified atom stereocenters. The Bertz CT molecular complexity index is 2550. The first-order valence-corrected chi connectivity index (χ1v) is 19.7. The second kappa shape index (κ2) is 13.1. The van der Waals surface area contributed by atoms with Crippen molar-refractivity contribution in [2.45, 2.75) is 39.2 Å². The summed E-state index contributed by atoms with van der Waals surface area (Å²) in [5, 5.41) is 18.2. The Morgan fingerprint density at radius 1 is 0.964 bits per heavy atom. The lowest BCUT2D eigenvalue weighted by Crippen LogP contribution is -2.49. The van der Waals surface area contributed by atoms with Gasteiger partial charge in [0, 0.05) is 46.5 Å². The second-order valence-electron chi connectivity index (χ2n) is 15.4. The third kappa shape index (κ3) is 5.11. The number of halogens is 1. The van der Waals surface area contributed by atoms with Gasteiger partial charge >= 0.3 is 0 Å². The largest absolute Gasteiger partial charge is 0.507 e. The molecule has 2 saturated heterocycles. The number of aryl methyl sites for hydroxylation is 2. The van der Waals surface area contributed by atoms with Crippen LogP contribution in [0.2, 0.25) is 5.02 Å². The van der Waals surface area contributed by atoms with Gasteiger partial charge < -0.3 is 14.6 Å². The van der Waals surface area contributed by atoms with Gasteiger partial charge in [0.15, 0.2) is 0 Å². The number of likely N-dealkylation sites (tertiary alicyclic amines) is 1. The molecule has 0 spiro atoms. The number of amides is 4. The number of benzene rings is 3. The molecule has 5 aromatic rings. The molecule has 3 aromatic carbocycles. The molecule has 0 bridgehead atoms. The predicted octanol–water partition coefficient (Wildman–Crippen LogP) is 7.42. The van der Waals surface area contributed by atoms with Crippen LogP contribution in [0.1, 0.15) is 42.4 Å². The zero-order chi connectivity index (χ0) is 39.4. The van der Waals surface area contributed by atoms with Crippen molar-refractivity contribution >= 4 is 62.5 Å². The standard InChI is InChI=1S/C43H39ClN4O7S/c1-21-27-15-23(44)11-14-33(27)56-38(21)30-19-34(46(3)45-30)48-40(51)29-18-28-25(12-13-26-35(28)41(52)47(39(26)50)20-22-9-7-6-8-10-22)37(43(29,2)42(48)53)36-31(49)16-24(54-4)17-32(36)55-5/h6-12,14-17,19,26,28-29,35,37,49H,13,18,20H2,1-5H3. The zero-order valence-electron chi connectivity index (χ0n) is 31.4. The molecule has 9 rings (SSSR count). The van der Waals surface area contributed by atoms with Gasteiger partial charge in [-0.25, -0.2) is 4.90 Å². The van der Waals surface area contributed by atoms with Gasteiger partial charge in [-0.1, -0.05) is 53.6 Å². The molecule has 2 aliphatic carbocycles. The first-order valence-electron chi connectivity index (χ1n) is 18.5. The summed E-state index contributed by atoms with van der Waals surface area (Å²) in [4.78, 5) is 62.1. The summed E-state index contributed by atoms with van der Waals surface area (Å²) in [6.07, 6.45) is 2.40. The quantitative estimate of drug-likeness (QED) is 0.133. The summed E-state index contributed by atoms with van der Waals surface area (Å²) in [5.74, 6) is -4.38. The number of fused-ring (bicyclic) bond motifs is 5. The van der Waals surface area contributed by atoms with E-state index in [4.69, 9.17) is 26.2 Å². The van der Waals surface area contributed by atoms with Gasteiger partial charge in [-0.2, -0.15) is 5.10 Å². The van der Waals surface area contributed by atoms with E-state index in [0.717, 1.165) is 31.7 Å². The van der Waals surface area contributed by atoms with E-state index in [1.165, 1.54) is 30.1 Å². The van der Waals surface area contributed by atoms with Crippen molar-refractivity contribution in [3.05, 3.63) is 100 Å². The SMILES string of the molecule is COc1cc(O)c(C2C3=CCC4C(=O)N(Cc5ccccc5)C(=O)C4C3CC3C(=O)N(c4cc(-c5sc6ccc(Cl)cc6c5C)nn4C)C(=O)C32C)c(OC)c1. The van der Waals surface area contributed by atoms with Crippen molar-refractivity contribution in [1.82, 2.24) is 14.7 Å². The molecule has 13 heteroatoms. The number of allylic oxidation sites excluding steroid dienone is 2. The van der Waals surface area contributed by atoms with Crippen molar-refractivity contribution in [2.24, 2.45) is 36.1 Å². The van der Waals surface area contributed by atoms with E-state index >= 15 is 4.79 Å². The minimum absolute atomic E-state index is 0.144. The number of aromatic nitrogens is 2. The van der Waals surface area contributed by atoms with Gasteiger partial charge in [-0.05, 0) is 67.3 Å². The molecule has 2 aromatic heterocycles. The molecule has 3 fully saturated rings. The summed E-state index contributed by atoms with van der Waals surface area (Å²) < 4.78 is 13.9. The number of rotatable bonds is 7. The lowest BCUT2D eigenvalue weighted by molar-refractivity contribution is -0.141. The van der Waals surface area contributed by atoms with E-state index in [1.54, 1.807) is 42.1 Å². The van der Waals surface area contributed by atoms with E-state index in [0.29, 0.717) is 27.8 Å². The molecular formula is C43H39ClN4O7S. The van der Waals surface area contributed by atoms with Crippen molar-refractivity contribution in [3.63, 3.8) is 0 Å². The van der Waals surface area contributed by atoms with Crippen LogP contribution < -0.4 is 14.4 Å². The van der Waals surface area contributed by atoms with Gasteiger partial charge in [-0.3, -0.25) is 28.8 Å². The van der Waals surface area contributed by atoms with Crippen molar-refractivity contribution in [1.29, 1.82) is 0 Å². The van der Waals surface area contributed by atoms with Crippen LogP contribution in [-0.4, -0.2) is 57.6 Å². The van der Waals surface area contributed by atoms with Crippen LogP contribution in [0.15, 0.2) is 78.4 Å². The molecule has 4 amide bonds. The van der Waals surface area contributed by atoms with Crippen LogP contribution >= 0.6 is 22.9 Å². The third-order valence-electron chi connectivity index (χ3n) is 12.6. The number of anilines is 1. The Labute approximate surface area is 332 Å². The Hall–Kier alpha value is -5.46.